The Hall–Kier alpha value is -3.86. The highest BCUT2D eigenvalue weighted by molar-refractivity contribution is 6.05. The molecule has 0 aliphatic carbocycles. The van der Waals surface area contributed by atoms with Gasteiger partial charge < -0.3 is 24.7 Å². The number of halogens is 1. The van der Waals surface area contributed by atoms with Crippen LogP contribution in [0.3, 0.4) is 0 Å². The molecule has 166 valence electrons. The molecule has 0 saturated heterocycles. The first kappa shape index (κ1) is 21.4. The highest BCUT2D eigenvalue weighted by Crippen LogP contribution is 2.32. The topological polar surface area (TPSA) is 120 Å². The summed E-state index contributed by atoms with van der Waals surface area (Å²) in [5.41, 5.74) is 0.395. The van der Waals surface area contributed by atoms with Crippen molar-refractivity contribution in [1.29, 1.82) is 0 Å². The Labute approximate surface area is 182 Å². The first-order valence-corrected chi connectivity index (χ1v) is 9.85. The molecule has 0 bridgehead atoms. The maximum atomic E-state index is 14.6. The first-order valence-electron chi connectivity index (χ1n) is 9.85. The van der Waals surface area contributed by atoms with Crippen LogP contribution in [-0.2, 0) is 9.53 Å². The van der Waals surface area contributed by atoms with E-state index >= 15 is 0 Å². The zero-order valence-corrected chi connectivity index (χ0v) is 17.6. The van der Waals surface area contributed by atoms with Crippen molar-refractivity contribution in [3.8, 4) is 17.3 Å². The van der Waals surface area contributed by atoms with Gasteiger partial charge in [-0.2, -0.15) is 0 Å². The lowest BCUT2D eigenvalue weighted by Gasteiger charge is -2.25. The number of amides is 2. The fourth-order valence-electron chi connectivity index (χ4n) is 3.22. The van der Waals surface area contributed by atoms with Crippen LogP contribution in [0.15, 0.2) is 36.7 Å². The third-order valence-electron chi connectivity index (χ3n) is 4.80. The second-order valence-corrected chi connectivity index (χ2v) is 7.40. The minimum atomic E-state index is -0.898. The van der Waals surface area contributed by atoms with Gasteiger partial charge in [0.1, 0.15) is 29.4 Å². The summed E-state index contributed by atoms with van der Waals surface area (Å²) in [6.07, 6.45) is 0.705. The number of anilines is 2. The van der Waals surface area contributed by atoms with Crippen LogP contribution in [0.25, 0.3) is 11.5 Å². The van der Waals surface area contributed by atoms with E-state index in [0.717, 1.165) is 6.07 Å². The van der Waals surface area contributed by atoms with Crippen LogP contribution in [0, 0.1) is 5.82 Å². The number of benzene rings is 1. The number of carbonyl (C=O) groups is 2. The van der Waals surface area contributed by atoms with E-state index in [1.54, 1.807) is 24.5 Å². The lowest BCUT2D eigenvalue weighted by molar-refractivity contribution is -0.125. The number of methoxy groups -OCH3 is 1. The summed E-state index contributed by atoms with van der Waals surface area (Å²) in [4.78, 5) is 29.2. The number of carbonyl (C=O) groups excluding carboxylic acids is 2. The standard InChI is InChI=1S/C21H21FN6O4/c1-11(2)28-10-23-27-19(28)14-5-4-6-18(24-14)26-20(29)12-7-16-15(8-13(12)22)25-21(30)17(32-16)9-31-3/h4-8,10-11,17H,9H2,1-3H3,(H,25,30)(H,24,26,29). The Morgan fingerprint density at radius 3 is 2.94 bits per heavy atom. The van der Waals surface area contributed by atoms with Crippen molar-refractivity contribution in [3.63, 3.8) is 0 Å². The third kappa shape index (κ3) is 4.14. The second kappa shape index (κ2) is 8.71. The molecule has 10 nitrogen and oxygen atoms in total. The van der Waals surface area contributed by atoms with Crippen LogP contribution < -0.4 is 15.4 Å². The van der Waals surface area contributed by atoms with Gasteiger partial charge in [-0.25, -0.2) is 9.37 Å². The van der Waals surface area contributed by atoms with Crippen molar-refractivity contribution in [2.45, 2.75) is 26.0 Å². The van der Waals surface area contributed by atoms with E-state index in [1.165, 1.54) is 13.2 Å². The predicted molar refractivity (Wildman–Crippen MR) is 113 cm³/mol. The van der Waals surface area contributed by atoms with E-state index in [2.05, 4.69) is 25.8 Å². The van der Waals surface area contributed by atoms with Crippen molar-refractivity contribution < 1.29 is 23.5 Å². The molecule has 1 aliphatic rings. The molecule has 11 heteroatoms. The quantitative estimate of drug-likeness (QED) is 0.605. The van der Waals surface area contributed by atoms with Crippen LogP contribution in [-0.4, -0.2) is 51.4 Å². The van der Waals surface area contributed by atoms with E-state index in [1.807, 2.05) is 18.4 Å². The Balaban J connectivity index is 1.58. The van der Waals surface area contributed by atoms with E-state index in [9.17, 15) is 14.0 Å². The molecule has 1 atom stereocenters. The van der Waals surface area contributed by atoms with Crippen LogP contribution in [0.1, 0.15) is 30.2 Å². The first-order chi connectivity index (χ1) is 15.4. The molecule has 1 aliphatic heterocycles. The molecule has 2 N–H and O–H groups in total. The summed E-state index contributed by atoms with van der Waals surface area (Å²) < 4.78 is 27.0. The summed E-state index contributed by atoms with van der Waals surface area (Å²) >= 11 is 0. The highest BCUT2D eigenvalue weighted by Gasteiger charge is 2.29. The molecule has 0 fully saturated rings. The van der Waals surface area contributed by atoms with Gasteiger partial charge in [-0.3, -0.25) is 9.59 Å². The average molecular weight is 440 g/mol. The maximum absolute atomic E-state index is 14.6. The lowest BCUT2D eigenvalue weighted by atomic mass is 10.1. The Morgan fingerprint density at radius 1 is 1.38 bits per heavy atom. The summed E-state index contributed by atoms with van der Waals surface area (Å²) in [5.74, 6) is -1.05. The molecule has 0 saturated carbocycles. The smallest absolute Gasteiger partial charge is 0.267 e. The number of fused-ring (bicyclic) bond motifs is 1. The van der Waals surface area contributed by atoms with Gasteiger partial charge in [-0.1, -0.05) is 6.07 Å². The molecule has 2 amide bonds. The number of hydrogen-bond acceptors (Lipinski definition) is 7. The van der Waals surface area contributed by atoms with Crippen LogP contribution in [0.2, 0.25) is 0 Å². The number of hydrogen-bond donors (Lipinski definition) is 2. The second-order valence-electron chi connectivity index (χ2n) is 7.40. The van der Waals surface area contributed by atoms with E-state index in [0.29, 0.717) is 11.5 Å². The highest BCUT2D eigenvalue weighted by atomic mass is 19.1. The molecule has 1 unspecified atom stereocenters. The number of nitrogens with zero attached hydrogens (tertiary/aromatic N) is 4. The maximum Gasteiger partial charge on any atom is 0.267 e. The zero-order valence-electron chi connectivity index (χ0n) is 17.6. The van der Waals surface area contributed by atoms with Gasteiger partial charge in [0.25, 0.3) is 11.8 Å². The minimum Gasteiger partial charge on any atom is -0.476 e. The number of pyridine rings is 1. The monoisotopic (exact) mass is 440 g/mol. The fourth-order valence-corrected chi connectivity index (χ4v) is 3.22. The van der Waals surface area contributed by atoms with Gasteiger partial charge in [0, 0.05) is 19.2 Å². The van der Waals surface area contributed by atoms with Gasteiger partial charge >= 0.3 is 0 Å². The van der Waals surface area contributed by atoms with Gasteiger partial charge in [-0.05, 0) is 32.0 Å². The fraction of sp³-hybridized carbons (Fsp3) is 0.286. The van der Waals surface area contributed by atoms with Crippen molar-refractivity contribution in [1.82, 2.24) is 19.7 Å². The van der Waals surface area contributed by atoms with E-state index < -0.39 is 23.7 Å². The largest absolute Gasteiger partial charge is 0.476 e. The van der Waals surface area contributed by atoms with Crippen molar-refractivity contribution >= 4 is 23.3 Å². The summed E-state index contributed by atoms with van der Waals surface area (Å²) in [5, 5.41) is 13.1. The molecule has 32 heavy (non-hydrogen) atoms. The summed E-state index contributed by atoms with van der Waals surface area (Å²) in [7, 11) is 1.43. The van der Waals surface area contributed by atoms with Crippen molar-refractivity contribution in [2.75, 3.05) is 24.4 Å². The lowest BCUT2D eigenvalue weighted by Crippen LogP contribution is -2.40. The normalized spacial score (nSPS) is 15.2. The summed E-state index contributed by atoms with van der Waals surface area (Å²) in [6.45, 7) is 3.99. The summed E-state index contributed by atoms with van der Waals surface area (Å²) in [6, 6.07) is 7.42. The van der Waals surface area contributed by atoms with Gasteiger partial charge in [0.05, 0.1) is 17.9 Å². The van der Waals surface area contributed by atoms with Crippen LogP contribution in [0.4, 0.5) is 15.9 Å². The van der Waals surface area contributed by atoms with E-state index in [4.69, 9.17) is 9.47 Å². The van der Waals surface area contributed by atoms with Crippen LogP contribution >= 0.6 is 0 Å². The number of nitrogens with one attached hydrogen (secondary N) is 2. The molecular formula is C21H21FN6O4. The van der Waals surface area contributed by atoms with Crippen molar-refractivity contribution in [3.05, 3.63) is 48.0 Å². The Morgan fingerprint density at radius 2 is 2.19 bits per heavy atom. The SMILES string of the molecule is COCC1Oc2cc(C(=O)Nc3cccc(-c4nncn4C(C)C)n3)c(F)cc2NC1=O. The molecule has 3 heterocycles. The minimum absolute atomic E-state index is 0.0158. The van der Waals surface area contributed by atoms with E-state index in [-0.39, 0.29) is 35.5 Å². The van der Waals surface area contributed by atoms with Gasteiger partial charge in [0.15, 0.2) is 5.82 Å². The van der Waals surface area contributed by atoms with Crippen molar-refractivity contribution in [2.24, 2.45) is 0 Å². The number of rotatable bonds is 6. The molecule has 0 spiro atoms. The molecule has 4 rings (SSSR count). The molecule has 0 radical (unpaired) electrons. The van der Waals surface area contributed by atoms with Gasteiger partial charge in [0.2, 0.25) is 6.10 Å². The average Bonchev–Trinajstić information content (AvgIpc) is 3.25. The predicted octanol–water partition coefficient (Wildman–Crippen LogP) is 2.66. The Kier molecular flexibility index (Phi) is 5.82. The molecule has 3 aromatic rings. The third-order valence-corrected chi connectivity index (χ3v) is 4.80. The Bertz CT molecular complexity index is 1180. The molecule has 2 aromatic heterocycles. The molecule has 1 aromatic carbocycles. The zero-order chi connectivity index (χ0) is 22.8. The van der Waals surface area contributed by atoms with Crippen LogP contribution in [0.5, 0.6) is 5.75 Å². The van der Waals surface area contributed by atoms with Gasteiger partial charge in [-0.15, -0.1) is 10.2 Å². The molecular weight excluding hydrogens is 419 g/mol. The number of ether oxygens (including phenoxy) is 2. The number of aromatic nitrogens is 4.